The first-order valence-corrected chi connectivity index (χ1v) is 8.76. The number of carbonyl (C=O) groups is 1. The van der Waals surface area contributed by atoms with Gasteiger partial charge in [0.1, 0.15) is 0 Å². The minimum Gasteiger partial charge on any atom is -0.493 e. The Morgan fingerprint density at radius 3 is 2.70 bits per heavy atom. The Balaban J connectivity index is 1.68. The van der Waals surface area contributed by atoms with Gasteiger partial charge >= 0.3 is 0 Å². The molecule has 1 aromatic rings. The molecule has 0 spiro atoms. The van der Waals surface area contributed by atoms with Crippen molar-refractivity contribution in [3.05, 3.63) is 23.8 Å². The summed E-state index contributed by atoms with van der Waals surface area (Å²) in [4.78, 5) is 12.8. The van der Waals surface area contributed by atoms with E-state index >= 15 is 0 Å². The molecule has 0 aromatic heterocycles. The van der Waals surface area contributed by atoms with Crippen LogP contribution in [-0.4, -0.2) is 19.2 Å². The third-order valence-corrected chi connectivity index (χ3v) is 5.26. The summed E-state index contributed by atoms with van der Waals surface area (Å²) in [7, 11) is 1.65. The number of benzene rings is 1. The number of carbonyl (C=O) groups excluding carboxylic acids is 1. The first kappa shape index (κ1) is 16.2. The van der Waals surface area contributed by atoms with Gasteiger partial charge in [-0.15, -0.1) is 0 Å². The zero-order chi connectivity index (χ0) is 16.3. The summed E-state index contributed by atoms with van der Waals surface area (Å²) in [6, 6.07) is 5.94. The van der Waals surface area contributed by atoms with Crippen molar-refractivity contribution < 1.29 is 14.3 Å². The molecule has 1 unspecified atom stereocenters. The fourth-order valence-electron chi connectivity index (χ4n) is 3.70. The average molecular weight is 317 g/mol. The van der Waals surface area contributed by atoms with Crippen LogP contribution < -0.4 is 14.8 Å². The van der Waals surface area contributed by atoms with Crippen molar-refractivity contribution in [1.29, 1.82) is 0 Å². The molecule has 1 saturated carbocycles. The van der Waals surface area contributed by atoms with Crippen LogP contribution in [0.15, 0.2) is 18.2 Å². The summed E-state index contributed by atoms with van der Waals surface area (Å²) in [6.07, 6.45) is 8.18. The number of fused-ring (bicyclic) bond motifs is 1. The van der Waals surface area contributed by atoms with Crippen LogP contribution in [0.25, 0.3) is 0 Å². The number of para-hydroxylation sites is 1. The lowest BCUT2D eigenvalue weighted by Gasteiger charge is -2.32. The van der Waals surface area contributed by atoms with Gasteiger partial charge in [0.15, 0.2) is 17.7 Å². The minimum absolute atomic E-state index is 0.141. The highest BCUT2D eigenvalue weighted by Crippen LogP contribution is 2.37. The van der Waals surface area contributed by atoms with E-state index in [1.54, 1.807) is 7.11 Å². The van der Waals surface area contributed by atoms with Crippen molar-refractivity contribution in [2.24, 2.45) is 5.41 Å². The Labute approximate surface area is 138 Å². The molecule has 1 fully saturated rings. The van der Waals surface area contributed by atoms with E-state index in [1.165, 1.54) is 12.8 Å². The monoisotopic (exact) mass is 317 g/mol. The van der Waals surface area contributed by atoms with Gasteiger partial charge < -0.3 is 14.8 Å². The zero-order valence-corrected chi connectivity index (χ0v) is 14.2. The molecule has 1 amide bonds. The molecular weight excluding hydrogens is 290 g/mol. The van der Waals surface area contributed by atoms with Gasteiger partial charge in [0, 0.05) is 11.8 Å². The van der Waals surface area contributed by atoms with Crippen LogP contribution in [-0.2, 0) is 11.2 Å². The lowest BCUT2D eigenvalue weighted by atomic mass is 9.81. The summed E-state index contributed by atoms with van der Waals surface area (Å²) in [6.45, 7) is 2.10. The number of aryl methyl sites for hydroxylation is 1. The third kappa shape index (κ3) is 3.46. The predicted octanol–water partition coefficient (Wildman–Crippen LogP) is 3.82. The van der Waals surface area contributed by atoms with Crippen molar-refractivity contribution in [2.45, 2.75) is 64.5 Å². The molecule has 0 radical (unpaired) electrons. The zero-order valence-electron chi connectivity index (χ0n) is 14.2. The van der Waals surface area contributed by atoms with Crippen molar-refractivity contribution in [3.8, 4) is 11.5 Å². The Bertz CT molecular complexity index is 547. The number of ether oxygens (including phenoxy) is 2. The van der Waals surface area contributed by atoms with Gasteiger partial charge in [-0.3, -0.25) is 4.79 Å². The molecule has 3 rings (SSSR count). The number of amides is 1. The average Bonchev–Trinajstić information content (AvgIpc) is 2.80. The Morgan fingerprint density at radius 1 is 1.26 bits per heavy atom. The first-order chi connectivity index (χ1) is 11.1. The summed E-state index contributed by atoms with van der Waals surface area (Å²) in [5.41, 5.74) is 0.900. The maximum atomic E-state index is 12.8. The molecule has 1 aromatic carbocycles. The highest BCUT2D eigenvalue weighted by molar-refractivity contribution is 5.82. The van der Waals surface area contributed by atoms with Gasteiger partial charge in [0.2, 0.25) is 5.91 Å². The van der Waals surface area contributed by atoms with E-state index in [2.05, 4.69) is 18.3 Å². The first-order valence-electron chi connectivity index (χ1n) is 8.76. The van der Waals surface area contributed by atoms with Crippen LogP contribution in [0, 0.1) is 5.41 Å². The summed E-state index contributed by atoms with van der Waals surface area (Å²) >= 11 is 0. The van der Waals surface area contributed by atoms with E-state index in [9.17, 15) is 4.79 Å². The number of nitrogens with one attached hydrogen (secondary N) is 1. The van der Waals surface area contributed by atoms with Crippen LogP contribution in [0.3, 0.4) is 0 Å². The van der Waals surface area contributed by atoms with E-state index < -0.39 is 0 Å². The van der Waals surface area contributed by atoms with Crippen LogP contribution >= 0.6 is 0 Å². The van der Waals surface area contributed by atoms with E-state index in [0.29, 0.717) is 0 Å². The molecule has 0 bridgehead atoms. The maximum Gasteiger partial charge on any atom is 0.228 e. The van der Waals surface area contributed by atoms with Crippen molar-refractivity contribution >= 4 is 5.91 Å². The third-order valence-electron chi connectivity index (χ3n) is 5.26. The number of rotatable bonds is 3. The molecule has 1 aliphatic carbocycles. The topological polar surface area (TPSA) is 47.6 Å². The number of hydrogen-bond acceptors (Lipinski definition) is 3. The quantitative estimate of drug-likeness (QED) is 0.862. The Kier molecular flexibility index (Phi) is 4.79. The lowest BCUT2D eigenvalue weighted by molar-refractivity contribution is -0.133. The second-order valence-corrected chi connectivity index (χ2v) is 7.04. The van der Waals surface area contributed by atoms with Crippen molar-refractivity contribution in [1.82, 2.24) is 5.32 Å². The SMILES string of the molecule is COc1cccc2c1OC(NC(=O)C1(C)CCCCCC1)CC2. The molecule has 1 heterocycles. The second kappa shape index (κ2) is 6.81. The minimum atomic E-state index is -0.258. The summed E-state index contributed by atoms with van der Waals surface area (Å²) in [5.74, 6) is 1.66. The highest BCUT2D eigenvalue weighted by atomic mass is 16.5. The molecule has 1 N–H and O–H groups in total. The van der Waals surface area contributed by atoms with Crippen LogP contribution in [0.2, 0.25) is 0 Å². The number of hydrogen-bond donors (Lipinski definition) is 1. The normalized spacial score (nSPS) is 23.1. The van der Waals surface area contributed by atoms with Gasteiger partial charge in [-0.1, -0.05) is 44.7 Å². The highest BCUT2D eigenvalue weighted by Gasteiger charge is 2.35. The van der Waals surface area contributed by atoms with Gasteiger partial charge in [0.25, 0.3) is 0 Å². The molecule has 23 heavy (non-hydrogen) atoms. The van der Waals surface area contributed by atoms with Crippen molar-refractivity contribution in [2.75, 3.05) is 7.11 Å². The van der Waals surface area contributed by atoms with Crippen LogP contribution in [0.5, 0.6) is 11.5 Å². The molecule has 1 aliphatic heterocycles. The maximum absolute atomic E-state index is 12.8. The van der Waals surface area contributed by atoms with Gasteiger partial charge in [-0.25, -0.2) is 0 Å². The molecule has 0 saturated heterocycles. The fourth-order valence-corrected chi connectivity index (χ4v) is 3.70. The smallest absolute Gasteiger partial charge is 0.228 e. The fraction of sp³-hybridized carbons (Fsp3) is 0.632. The Hall–Kier alpha value is -1.71. The molecule has 2 aliphatic rings. The molecule has 4 nitrogen and oxygen atoms in total. The van der Waals surface area contributed by atoms with Gasteiger partial charge in [0.05, 0.1) is 7.11 Å². The van der Waals surface area contributed by atoms with E-state index in [0.717, 1.165) is 55.6 Å². The number of methoxy groups -OCH3 is 1. The molecule has 126 valence electrons. The van der Waals surface area contributed by atoms with E-state index in [-0.39, 0.29) is 17.6 Å². The van der Waals surface area contributed by atoms with Crippen LogP contribution in [0.4, 0.5) is 0 Å². The van der Waals surface area contributed by atoms with Gasteiger partial charge in [-0.2, -0.15) is 0 Å². The molecular formula is C19H27NO3. The second-order valence-electron chi connectivity index (χ2n) is 7.04. The summed E-state index contributed by atoms with van der Waals surface area (Å²) in [5, 5.41) is 3.13. The van der Waals surface area contributed by atoms with Crippen molar-refractivity contribution in [3.63, 3.8) is 0 Å². The Morgan fingerprint density at radius 2 is 2.00 bits per heavy atom. The largest absolute Gasteiger partial charge is 0.493 e. The summed E-state index contributed by atoms with van der Waals surface area (Å²) < 4.78 is 11.4. The molecule has 1 atom stereocenters. The molecule has 4 heteroatoms. The lowest BCUT2D eigenvalue weighted by Crippen LogP contribution is -2.47. The standard InChI is InChI=1S/C19H27NO3/c1-19(12-5-3-4-6-13-19)18(21)20-16-11-10-14-8-7-9-15(22-2)17(14)23-16/h7-9,16H,3-6,10-13H2,1-2H3,(H,20,21). The van der Waals surface area contributed by atoms with E-state index in [4.69, 9.17) is 9.47 Å². The predicted molar refractivity (Wildman–Crippen MR) is 89.7 cm³/mol. The van der Waals surface area contributed by atoms with E-state index in [1.807, 2.05) is 12.1 Å². The van der Waals surface area contributed by atoms with Gasteiger partial charge in [-0.05, 0) is 30.9 Å². The van der Waals surface area contributed by atoms with Crippen LogP contribution in [0.1, 0.15) is 57.4 Å².